The van der Waals surface area contributed by atoms with E-state index in [1.54, 1.807) is 0 Å². The fourth-order valence-corrected chi connectivity index (χ4v) is 3.23. The topological polar surface area (TPSA) is 68.2 Å². The lowest BCUT2D eigenvalue weighted by molar-refractivity contribution is -0.117. The van der Waals surface area contributed by atoms with E-state index in [0.717, 1.165) is 50.0 Å². The summed E-state index contributed by atoms with van der Waals surface area (Å²) < 4.78 is 0. The number of carbonyl (C=O) groups excluding carboxylic acids is 1. The number of benzene rings is 1. The van der Waals surface area contributed by atoms with Crippen molar-refractivity contribution in [3.8, 4) is 6.07 Å². The van der Waals surface area contributed by atoms with Gasteiger partial charge < -0.3 is 15.5 Å². The van der Waals surface area contributed by atoms with Crippen molar-refractivity contribution < 1.29 is 4.79 Å². The van der Waals surface area contributed by atoms with Crippen molar-refractivity contribution in [3.05, 3.63) is 35.5 Å². The average Bonchev–Trinajstić information content (AvgIpc) is 3.11. The zero-order valence-corrected chi connectivity index (χ0v) is 15.4. The molecule has 2 N–H and O–H groups in total. The molecule has 0 aliphatic heterocycles. The molecule has 1 amide bonds. The summed E-state index contributed by atoms with van der Waals surface area (Å²) in [7, 11) is 0. The molecule has 0 spiro atoms. The molecule has 1 aromatic carbocycles. The van der Waals surface area contributed by atoms with Crippen LogP contribution < -0.4 is 15.5 Å². The summed E-state index contributed by atoms with van der Waals surface area (Å²) in [5.41, 5.74) is 3.27. The lowest BCUT2D eigenvalue weighted by atomic mass is 10.1. The zero-order valence-electron chi connectivity index (χ0n) is 15.4. The Balaban J connectivity index is 2.05. The van der Waals surface area contributed by atoms with Crippen LogP contribution in [0.3, 0.4) is 0 Å². The van der Waals surface area contributed by atoms with Crippen LogP contribution in [0.4, 0.5) is 11.4 Å². The molecule has 5 heteroatoms. The maximum absolute atomic E-state index is 12.2. The van der Waals surface area contributed by atoms with Crippen LogP contribution in [0.15, 0.2) is 30.0 Å². The number of amides is 1. The number of nitrogens with zero attached hydrogens (tertiary/aromatic N) is 2. The van der Waals surface area contributed by atoms with Gasteiger partial charge in [0.25, 0.3) is 5.91 Å². The molecule has 1 fully saturated rings. The highest BCUT2D eigenvalue weighted by molar-refractivity contribution is 5.97. The Labute approximate surface area is 150 Å². The van der Waals surface area contributed by atoms with E-state index in [1.807, 2.05) is 19.1 Å². The van der Waals surface area contributed by atoms with Gasteiger partial charge in [-0.05, 0) is 57.4 Å². The van der Waals surface area contributed by atoms with Gasteiger partial charge in [0.15, 0.2) is 0 Å². The molecule has 0 saturated heterocycles. The minimum atomic E-state index is -0.292. The van der Waals surface area contributed by atoms with Crippen molar-refractivity contribution in [1.82, 2.24) is 5.32 Å². The van der Waals surface area contributed by atoms with Crippen molar-refractivity contribution in [2.75, 3.05) is 23.3 Å². The second kappa shape index (κ2) is 9.12. The number of nitrogens with one attached hydrogen (secondary N) is 2. The Bertz CT molecular complexity index is 665. The molecule has 2 rings (SSSR count). The molecule has 0 heterocycles. The van der Waals surface area contributed by atoms with Crippen molar-refractivity contribution in [3.63, 3.8) is 0 Å². The first kappa shape index (κ1) is 18.9. The van der Waals surface area contributed by atoms with E-state index < -0.39 is 0 Å². The Morgan fingerprint density at radius 1 is 1.32 bits per heavy atom. The molecule has 134 valence electrons. The molecule has 1 aliphatic rings. The minimum absolute atomic E-state index is 0.110. The van der Waals surface area contributed by atoms with E-state index in [9.17, 15) is 10.1 Å². The van der Waals surface area contributed by atoms with Gasteiger partial charge in [-0.15, -0.1) is 0 Å². The standard InChI is InChI=1S/C20H28N4O/c1-4-24(5-2)18-10-11-19(15(3)12-18)22-14-16(13-21)20(25)23-17-8-6-7-9-17/h10-12,14,17,22H,4-9H2,1-3H3,(H,23,25)/b16-14-. The number of hydrogen-bond donors (Lipinski definition) is 2. The SMILES string of the molecule is CCN(CC)c1ccc(N/C=C(/C#N)C(=O)NC2CCCC2)c(C)c1. The lowest BCUT2D eigenvalue weighted by Gasteiger charge is -2.22. The van der Waals surface area contributed by atoms with E-state index in [2.05, 4.69) is 41.5 Å². The van der Waals surface area contributed by atoms with Gasteiger partial charge in [0.05, 0.1) is 0 Å². The Hall–Kier alpha value is -2.48. The third-order valence-electron chi connectivity index (χ3n) is 4.77. The molecular weight excluding hydrogens is 312 g/mol. The van der Waals surface area contributed by atoms with Crippen LogP contribution in [0.5, 0.6) is 0 Å². The van der Waals surface area contributed by atoms with Gasteiger partial charge in [-0.25, -0.2) is 0 Å². The van der Waals surface area contributed by atoms with Gasteiger partial charge >= 0.3 is 0 Å². The number of hydrogen-bond acceptors (Lipinski definition) is 4. The number of nitriles is 1. The molecule has 0 unspecified atom stereocenters. The Morgan fingerprint density at radius 2 is 2.00 bits per heavy atom. The van der Waals surface area contributed by atoms with E-state index in [0.29, 0.717) is 0 Å². The Kier molecular flexibility index (Phi) is 6.88. The molecule has 1 aliphatic carbocycles. The fourth-order valence-electron chi connectivity index (χ4n) is 3.23. The molecule has 25 heavy (non-hydrogen) atoms. The fraction of sp³-hybridized carbons (Fsp3) is 0.500. The van der Waals surface area contributed by atoms with Gasteiger partial charge in [-0.2, -0.15) is 5.26 Å². The van der Waals surface area contributed by atoms with Crippen molar-refractivity contribution >= 4 is 17.3 Å². The second-order valence-corrected chi connectivity index (χ2v) is 6.44. The summed E-state index contributed by atoms with van der Waals surface area (Å²) in [6, 6.07) is 8.36. The van der Waals surface area contributed by atoms with Crippen LogP contribution in [-0.2, 0) is 4.79 Å². The van der Waals surface area contributed by atoms with Crippen LogP contribution in [0.2, 0.25) is 0 Å². The third-order valence-corrected chi connectivity index (χ3v) is 4.77. The first-order chi connectivity index (χ1) is 12.1. The quantitative estimate of drug-likeness (QED) is 0.586. The molecule has 0 bridgehead atoms. The van der Waals surface area contributed by atoms with Crippen LogP contribution in [0, 0.1) is 18.3 Å². The predicted octanol–water partition coefficient (Wildman–Crippen LogP) is 3.72. The van der Waals surface area contributed by atoms with Crippen molar-refractivity contribution in [2.45, 2.75) is 52.5 Å². The highest BCUT2D eigenvalue weighted by atomic mass is 16.1. The van der Waals surface area contributed by atoms with E-state index in [-0.39, 0.29) is 17.5 Å². The third kappa shape index (κ3) is 4.99. The second-order valence-electron chi connectivity index (χ2n) is 6.44. The summed E-state index contributed by atoms with van der Waals surface area (Å²) in [6.07, 6.45) is 5.80. The van der Waals surface area contributed by atoms with Crippen LogP contribution in [0.25, 0.3) is 0 Å². The number of rotatable bonds is 7. The van der Waals surface area contributed by atoms with E-state index in [4.69, 9.17) is 0 Å². The molecule has 1 aromatic rings. The average molecular weight is 340 g/mol. The maximum atomic E-state index is 12.2. The molecular formula is C20H28N4O. The van der Waals surface area contributed by atoms with Gasteiger partial charge in [-0.1, -0.05) is 12.8 Å². The molecule has 0 radical (unpaired) electrons. The molecule has 0 atom stereocenters. The summed E-state index contributed by atoms with van der Waals surface area (Å²) in [5.74, 6) is -0.292. The normalized spacial score (nSPS) is 14.9. The van der Waals surface area contributed by atoms with Crippen LogP contribution in [0.1, 0.15) is 45.1 Å². The predicted molar refractivity (Wildman–Crippen MR) is 102 cm³/mol. The monoisotopic (exact) mass is 340 g/mol. The number of aryl methyl sites for hydroxylation is 1. The summed E-state index contributed by atoms with van der Waals surface area (Å²) in [6.45, 7) is 8.21. The van der Waals surface area contributed by atoms with Gasteiger partial charge in [-0.3, -0.25) is 4.79 Å². The summed E-state index contributed by atoms with van der Waals surface area (Å²) in [5, 5.41) is 15.3. The van der Waals surface area contributed by atoms with Gasteiger partial charge in [0, 0.05) is 36.7 Å². The highest BCUT2D eigenvalue weighted by Crippen LogP contribution is 2.23. The van der Waals surface area contributed by atoms with E-state index >= 15 is 0 Å². The molecule has 0 aromatic heterocycles. The highest BCUT2D eigenvalue weighted by Gasteiger charge is 2.19. The first-order valence-electron chi connectivity index (χ1n) is 9.12. The largest absolute Gasteiger partial charge is 0.372 e. The van der Waals surface area contributed by atoms with Gasteiger partial charge in [0.2, 0.25) is 0 Å². The van der Waals surface area contributed by atoms with Gasteiger partial charge in [0.1, 0.15) is 11.6 Å². The first-order valence-corrected chi connectivity index (χ1v) is 9.12. The van der Waals surface area contributed by atoms with E-state index in [1.165, 1.54) is 11.9 Å². The van der Waals surface area contributed by atoms with Crippen molar-refractivity contribution in [2.24, 2.45) is 0 Å². The van der Waals surface area contributed by atoms with Crippen LogP contribution >= 0.6 is 0 Å². The minimum Gasteiger partial charge on any atom is -0.372 e. The number of anilines is 2. The zero-order chi connectivity index (χ0) is 18.2. The smallest absolute Gasteiger partial charge is 0.263 e. The number of carbonyl (C=O) groups is 1. The van der Waals surface area contributed by atoms with Crippen molar-refractivity contribution in [1.29, 1.82) is 5.26 Å². The lowest BCUT2D eigenvalue weighted by Crippen LogP contribution is -2.33. The maximum Gasteiger partial charge on any atom is 0.263 e. The van der Waals surface area contributed by atoms with Crippen LogP contribution in [-0.4, -0.2) is 25.0 Å². The Morgan fingerprint density at radius 3 is 2.56 bits per heavy atom. The summed E-state index contributed by atoms with van der Waals surface area (Å²) >= 11 is 0. The molecule has 1 saturated carbocycles. The molecule has 5 nitrogen and oxygen atoms in total. The summed E-state index contributed by atoms with van der Waals surface area (Å²) in [4.78, 5) is 14.5.